The van der Waals surface area contributed by atoms with Crippen LogP contribution in [-0.4, -0.2) is 88.6 Å². The fourth-order valence-electron chi connectivity index (χ4n) is 8.58. The van der Waals surface area contributed by atoms with Crippen LogP contribution < -0.4 is 0 Å². The van der Waals surface area contributed by atoms with Gasteiger partial charge in [-0.25, -0.2) is 4.79 Å². The van der Waals surface area contributed by atoms with Gasteiger partial charge in [0.1, 0.15) is 19.8 Å². The number of rotatable bonds is 39. The molecule has 0 aromatic rings. The number of hydrogen-bond acceptors (Lipinski definition) is 10. The van der Waals surface area contributed by atoms with Crippen LogP contribution in [0, 0.1) is 17.8 Å². The minimum Gasteiger partial charge on any atom is -0.465 e. The van der Waals surface area contributed by atoms with Gasteiger partial charge in [-0.15, -0.1) is 0 Å². The molecule has 360 valence electrons. The van der Waals surface area contributed by atoms with Gasteiger partial charge in [0.25, 0.3) is 0 Å². The number of carbonyl (C=O) groups is 3. The minimum absolute atomic E-state index is 0.0154. The quantitative estimate of drug-likeness (QED) is 0.0195. The molecule has 0 saturated heterocycles. The maximum absolute atomic E-state index is 13.1. The van der Waals surface area contributed by atoms with Crippen molar-refractivity contribution in [2.45, 2.75) is 213 Å². The molecule has 1 atom stereocenters. The van der Waals surface area contributed by atoms with Crippen LogP contribution in [0.3, 0.4) is 0 Å². The minimum atomic E-state index is -0.776. The highest BCUT2D eigenvalue weighted by atomic mass is 16.7. The first-order chi connectivity index (χ1) is 30.4. The number of allylic oxidation sites excluding steroid dienone is 4. The van der Waals surface area contributed by atoms with E-state index in [9.17, 15) is 14.4 Å². The summed E-state index contributed by atoms with van der Waals surface area (Å²) in [6, 6.07) is 0. The molecule has 0 N–H and O–H groups in total. The van der Waals surface area contributed by atoms with E-state index in [-0.39, 0.29) is 44.8 Å². The van der Waals surface area contributed by atoms with Crippen LogP contribution in [0.2, 0.25) is 0 Å². The summed E-state index contributed by atoms with van der Waals surface area (Å²) in [7, 11) is 0. The van der Waals surface area contributed by atoms with Crippen LogP contribution in [0.4, 0.5) is 4.79 Å². The molecule has 10 nitrogen and oxygen atoms in total. The largest absolute Gasteiger partial charge is 0.508 e. The van der Waals surface area contributed by atoms with Gasteiger partial charge in [-0.1, -0.05) is 141 Å². The molecule has 2 fully saturated rings. The average Bonchev–Trinajstić information content (AvgIpc) is 3.29. The van der Waals surface area contributed by atoms with Crippen molar-refractivity contribution < 1.29 is 42.8 Å². The summed E-state index contributed by atoms with van der Waals surface area (Å²) in [5, 5.41) is 0. The molecule has 2 aliphatic rings. The summed E-state index contributed by atoms with van der Waals surface area (Å²) < 4.78 is 34.4. The SMILES string of the molecule is CCCCC/C=C\C/C=C\CCCCCCCC(=O)OCC(COC(=O)CCC(OCCCC1CCCCC1)OCCCC1CCCCC1)COC(=O)OCCCN(CC)CC. The third-order valence-electron chi connectivity index (χ3n) is 12.6. The number of ether oxygens (including phenoxy) is 6. The Balaban J connectivity index is 1.76. The zero-order valence-corrected chi connectivity index (χ0v) is 40.1. The molecule has 62 heavy (non-hydrogen) atoms. The topological polar surface area (TPSA) is 110 Å². The van der Waals surface area contributed by atoms with E-state index in [0.717, 1.165) is 89.3 Å². The Morgan fingerprint density at radius 3 is 1.66 bits per heavy atom. The first-order valence-electron chi connectivity index (χ1n) is 25.8. The summed E-state index contributed by atoms with van der Waals surface area (Å²) in [6.07, 6.45) is 39.5. The summed E-state index contributed by atoms with van der Waals surface area (Å²) in [6.45, 7) is 10.5. The standard InChI is InChI=1S/C52H93NO9/c1-4-7-8-9-10-11-12-13-14-15-16-17-18-19-26-36-49(54)60-43-48(45-62-52(56)59-42-29-39-53(5-2)6-3)44-61-50(55)37-38-51(57-40-27-34-46-30-22-20-23-31-46)58-41-28-35-47-32-24-21-25-33-47/h10-11,13-14,46-48,51H,4-9,12,15-45H2,1-3H3/b11-10-,14-13-. The van der Waals surface area contributed by atoms with Crippen LogP contribution in [0.1, 0.15) is 207 Å². The summed E-state index contributed by atoms with van der Waals surface area (Å²) >= 11 is 0. The fraction of sp³-hybridized carbons (Fsp3) is 0.865. The Morgan fingerprint density at radius 2 is 1.08 bits per heavy atom. The highest BCUT2D eigenvalue weighted by Gasteiger charge is 2.21. The van der Waals surface area contributed by atoms with Crippen molar-refractivity contribution in [2.24, 2.45) is 17.8 Å². The van der Waals surface area contributed by atoms with Gasteiger partial charge < -0.3 is 33.3 Å². The van der Waals surface area contributed by atoms with Crippen molar-refractivity contribution in [2.75, 3.05) is 59.3 Å². The second kappa shape index (κ2) is 40.1. The van der Waals surface area contributed by atoms with Gasteiger partial charge >= 0.3 is 18.1 Å². The van der Waals surface area contributed by atoms with Gasteiger partial charge in [0.15, 0.2) is 6.29 Å². The molecule has 1 unspecified atom stereocenters. The second-order valence-electron chi connectivity index (χ2n) is 18.0. The second-order valence-corrected chi connectivity index (χ2v) is 18.0. The van der Waals surface area contributed by atoms with E-state index in [1.165, 1.54) is 103 Å². The van der Waals surface area contributed by atoms with Gasteiger partial charge in [0, 0.05) is 32.6 Å². The highest BCUT2D eigenvalue weighted by Crippen LogP contribution is 2.28. The van der Waals surface area contributed by atoms with Crippen molar-refractivity contribution in [3.8, 4) is 0 Å². The molecule has 0 radical (unpaired) electrons. The van der Waals surface area contributed by atoms with Crippen LogP contribution in [-0.2, 0) is 38.0 Å². The van der Waals surface area contributed by atoms with Gasteiger partial charge in [-0.3, -0.25) is 9.59 Å². The molecule has 0 aromatic heterocycles. The Labute approximate surface area is 379 Å². The average molecular weight is 876 g/mol. The molecule has 0 aromatic carbocycles. The Hall–Kier alpha value is -2.43. The normalized spacial score (nSPS) is 15.8. The molecular formula is C52H93NO9. The van der Waals surface area contributed by atoms with E-state index in [4.69, 9.17) is 28.4 Å². The third-order valence-corrected chi connectivity index (χ3v) is 12.6. The van der Waals surface area contributed by atoms with Gasteiger partial charge in [0.05, 0.1) is 18.9 Å². The van der Waals surface area contributed by atoms with E-state index >= 15 is 0 Å². The molecule has 10 heteroatoms. The lowest BCUT2D eigenvalue weighted by Crippen LogP contribution is -2.28. The molecule has 0 bridgehead atoms. The lowest BCUT2D eigenvalue weighted by atomic mass is 9.86. The van der Waals surface area contributed by atoms with E-state index in [2.05, 4.69) is 50.0 Å². The number of esters is 2. The van der Waals surface area contributed by atoms with Gasteiger partial charge in [-0.05, 0) is 95.6 Å². The maximum atomic E-state index is 13.1. The third kappa shape index (κ3) is 32.3. The lowest BCUT2D eigenvalue weighted by molar-refractivity contribution is -0.161. The van der Waals surface area contributed by atoms with Crippen molar-refractivity contribution in [1.29, 1.82) is 0 Å². The molecule has 2 aliphatic carbocycles. The number of unbranched alkanes of at least 4 members (excludes halogenated alkanes) is 8. The van der Waals surface area contributed by atoms with Gasteiger partial charge in [-0.2, -0.15) is 0 Å². The van der Waals surface area contributed by atoms with Crippen molar-refractivity contribution in [3.05, 3.63) is 24.3 Å². The van der Waals surface area contributed by atoms with Crippen molar-refractivity contribution >= 4 is 18.1 Å². The monoisotopic (exact) mass is 876 g/mol. The van der Waals surface area contributed by atoms with E-state index in [0.29, 0.717) is 32.5 Å². The summed E-state index contributed by atoms with van der Waals surface area (Å²) in [4.78, 5) is 40.5. The lowest BCUT2D eigenvalue weighted by Gasteiger charge is -2.23. The molecule has 2 saturated carbocycles. The maximum Gasteiger partial charge on any atom is 0.508 e. The Bertz CT molecular complexity index is 1100. The smallest absolute Gasteiger partial charge is 0.465 e. The van der Waals surface area contributed by atoms with Gasteiger partial charge in [0.2, 0.25) is 0 Å². The molecular weight excluding hydrogens is 783 g/mol. The first kappa shape index (κ1) is 55.7. The number of nitrogens with zero attached hydrogens (tertiary/aromatic N) is 1. The first-order valence-corrected chi connectivity index (χ1v) is 25.8. The van der Waals surface area contributed by atoms with Crippen LogP contribution >= 0.6 is 0 Å². The molecule has 2 rings (SSSR count). The number of carbonyl (C=O) groups excluding carboxylic acids is 3. The summed E-state index contributed by atoms with van der Waals surface area (Å²) in [5.74, 6) is 0.414. The van der Waals surface area contributed by atoms with E-state index < -0.39 is 18.4 Å². The van der Waals surface area contributed by atoms with E-state index in [1.807, 2.05) is 0 Å². The van der Waals surface area contributed by atoms with Crippen LogP contribution in [0.25, 0.3) is 0 Å². The zero-order valence-electron chi connectivity index (χ0n) is 40.1. The Morgan fingerprint density at radius 1 is 0.548 bits per heavy atom. The van der Waals surface area contributed by atoms with Crippen molar-refractivity contribution in [1.82, 2.24) is 4.90 Å². The molecule has 0 heterocycles. The summed E-state index contributed by atoms with van der Waals surface area (Å²) in [5.41, 5.74) is 0. The highest BCUT2D eigenvalue weighted by molar-refractivity contribution is 5.69. The van der Waals surface area contributed by atoms with E-state index in [1.54, 1.807) is 0 Å². The Kier molecular flexibility index (Phi) is 36.0. The predicted octanol–water partition coefficient (Wildman–Crippen LogP) is 13.2. The predicted molar refractivity (Wildman–Crippen MR) is 251 cm³/mol. The van der Waals surface area contributed by atoms with Crippen molar-refractivity contribution in [3.63, 3.8) is 0 Å². The number of hydrogen-bond donors (Lipinski definition) is 0. The van der Waals surface area contributed by atoms with Crippen LogP contribution in [0.15, 0.2) is 24.3 Å². The fourth-order valence-corrected chi connectivity index (χ4v) is 8.58. The molecule has 0 spiro atoms. The van der Waals surface area contributed by atoms with Crippen LogP contribution in [0.5, 0.6) is 0 Å². The molecule has 0 aliphatic heterocycles. The molecule has 0 amide bonds. The zero-order chi connectivity index (χ0) is 44.6.